The van der Waals surface area contributed by atoms with Gasteiger partial charge in [0.05, 0.1) is 6.04 Å². The molecule has 1 N–H and O–H groups in total. The molecule has 1 heterocycles. The fourth-order valence-electron chi connectivity index (χ4n) is 2.25. The Hall–Kier alpha value is -1.28. The first-order valence-corrected chi connectivity index (χ1v) is 7.87. The van der Waals surface area contributed by atoms with Gasteiger partial charge < -0.3 is 5.32 Å². The molecule has 2 rings (SSSR count). The Balaban J connectivity index is 2.16. The molecule has 1 unspecified atom stereocenters. The Morgan fingerprint density at radius 2 is 1.79 bits per heavy atom. The molecule has 0 bridgehead atoms. The zero-order valence-corrected chi connectivity index (χ0v) is 13.1. The maximum absolute atomic E-state index is 3.66. The summed E-state index contributed by atoms with van der Waals surface area (Å²) in [5, 5.41) is 3.66. The fourth-order valence-corrected chi connectivity index (χ4v) is 3.21. The third kappa shape index (κ3) is 3.38. The van der Waals surface area contributed by atoms with Crippen molar-refractivity contribution in [3.63, 3.8) is 0 Å². The van der Waals surface area contributed by atoms with Crippen molar-refractivity contribution in [1.29, 1.82) is 0 Å². The first-order valence-electron chi connectivity index (χ1n) is 7.06. The van der Waals surface area contributed by atoms with Crippen molar-refractivity contribution in [1.82, 2.24) is 0 Å². The smallest absolute Gasteiger partial charge is 0.0578 e. The number of para-hydroxylation sites is 1. The molecule has 0 aliphatic carbocycles. The second-order valence-electron chi connectivity index (χ2n) is 5.27. The minimum Gasteiger partial charge on any atom is -0.377 e. The van der Waals surface area contributed by atoms with Crippen LogP contribution in [0.15, 0.2) is 36.4 Å². The van der Waals surface area contributed by atoms with Crippen LogP contribution < -0.4 is 5.32 Å². The van der Waals surface area contributed by atoms with Crippen LogP contribution in [0.3, 0.4) is 0 Å². The van der Waals surface area contributed by atoms with Gasteiger partial charge in [0.25, 0.3) is 0 Å². The van der Waals surface area contributed by atoms with Crippen LogP contribution in [0.4, 0.5) is 5.69 Å². The van der Waals surface area contributed by atoms with E-state index in [1.165, 1.54) is 21.0 Å². The summed E-state index contributed by atoms with van der Waals surface area (Å²) >= 11 is 1.91. The molecule has 0 aliphatic heterocycles. The van der Waals surface area contributed by atoms with Crippen LogP contribution in [0.25, 0.3) is 0 Å². The topological polar surface area (TPSA) is 12.0 Å². The predicted molar refractivity (Wildman–Crippen MR) is 86.3 cm³/mol. The molecule has 0 fully saturated rings. The molecule has 19 heavy (non-hydrogen) atoms. The van der Waals surface area contributed by atoms with Gasteiger partial charge in [-0.05, 0) is 43.0 Å². The van der Waals surface area contributed by atoms with Crippen LogP contribution in [0.1, 0.15) is 55.0 Å². The molecular weight excluding hydrogens is 250 g/mol. The minimum atomic E-state index is 0.366. The van der Waals surface area contributed by atoms with Gasteiger partial charge in [0.15, 0.2) is 0 Å². The Bertz CT molecular complexity index is 528. The quantitative estimate of drug-likeness (QED) is 0.747. The summed E-state index contributed by atoms with van der Waals surface area (Å²) in [6.45, 7) is 8.93. The summed E-state index contributed by atoms with van der Waals surface area (Å²) in [6.07, 6.45) is 1.12. The van der Waals surface area contributed by atoms with Gasteiger partial charge in [-0.1, -0.05) is 39.0 Å². The van der Waals surface area contributed by atoms with E-state index in [-0.39, 0.29) is 0 Å². The predicted octanol–water partition coefficient (Wildman–Crippen LogP) is 5.61. The molecule has 0 saturated carbocycles. The average molecular weight is 273 g/mol. The number of aryl methyl sites for hydroxylation is 1. The highest BCUT2D eigenvalue weighted by Gasteiger charge is 2.11. The Labute approximate surface area is 120 Å². The molecular formula is C17H23NS. The average Bonchev–Trinajstić information content (AvgIpc) is 2.88. The first kappa shape index (κ1) is 14.1. The van der Waals surface area contributed by atoms with Gasteiger partial charge in [-0.3, -0.25) is 0 Å². The van der Waals surface area contributed by atoms with Crippen molar-refractivity contribution >= 4 is 17.0 Å². The molecule has 0 aliphatic rings. The molecule has 1 nitrogen and oxygen atoms in total. The molecule has 1 atom stereocenters. The zero-order chi connectivity index (χ0) is 13.8. The first-order chi connectivity index (χ1) is 9.11. The van der Waals surface area contributed by atoms with Crippen molar-refractivity contribution < 1.29 is 0 Å². The van der Waals surface area contributed by atoms with Crippen LogP contribution in [-0.2, 0) is 6.42 Å². The maximum Gasteiger partial charge on any atom is 0.0578 e. The summed E-state index contributed by atoms with van der Waals surface area (Å²) in [7, 11) is 0. The lowest BCUT2D eigenvalue weighted by Gasteiger charge is -2.19. The van der Waals surface area contributed by atoms with Crippen LogP contribution in [0, 0.1) is 0 Å². The highest BCUT2D eigenvalue weighted by atomic mass is 32.1. The lowest BCUT2D eigenvalue weighted by atomic mass is 10.0. The molecule has 0 amide bonds. The third-order valence-corrected chi connectivity index (χ3v) is 4.82. The number of hydrogen-bond donors (Lipinski definition) is 1. The molecule has 2 heteroatoms. The molecule has 1 aromatic carbocycles. The standard InChI is InChI=1S/C17H23NS/c1-5-14-10-11-17(19-14)13(4)18-16-9-7-6-8-15(16)12(2)3/h6-13,18H,5H2,1-4H3. The van der Waals surface area contributed by atoms with Crippen molar-refractivity contribution in [2.45, 2.75) is 46.1 Å². The normalized spacial score (nSPS) is 12.7. The molecule has 102 valence electrons. The van der Waals surface area contributed by atoms with E-state index in [2.05, 4.69) is 69.4 Å². The van der Waals surface area contributed by atoms with Gasteiger partial charge in [-0.15, -0.1) is 11.3 Å². The van der Waals surface area contributed by atoms with Gasteiger partial charge in [0.2, 0.25) is 0 Å². The Morgan fingerprint density at radius 3 is 2.42 bits per heavy atom. The largest absolute Gasteiger partial charge is 0.377 e. The molecule has 0 saturated heterocycles. The van der Waals surface area contributed by atoms with Gasteiger partial charge in [-0.2, -0.15) is 0 Å². The van der Waals surface area contributed by atoms with Gasteiger partial charge >= 0.3 is 0 Å². The van der Waals surface area contributed by atoms with Crippen molar-refractivity contribution in [3.05, 3.63) is 51.7 Å². The molecule has 2 aromatic rings. The number of rotatable bonds is 5. The fraction of sp³-hybridized carbons (Fsp3) is 0.412. The number of thiophene rings is 1. The minimum absolute atomic E-state index is 0.366. The SMILES string of the molecule is CCc1ccc(C(C)Nc2ccccc2C(C)C)s1. The van der Waals surface area contributed by atoms with E-state index < -0.39 is 0 Å². The van der Waals surface area contributed by atoms with Crippen LogP contribution in [-0.4, -0.2) is 0 Å². The maximum atomic E-state index is 3.66. The monoisotopic (exact) mass is 273 g/mol. The van der Waals surface area contributed by atoms with Gasteiger partial charge in [0, 0.05) is 15.4 Å². The third-order valence-electron chi connectivity index (χ3n) is 3.41. The highest BCUT2D eigenvalue weighted by Crippen LogP contribution is 2.30. The summed E-state index contributed by atoms with van der Waals surface area (Å²) in [4.78, 5) is 2.87. The highest BCUT2D eigenvalue weighted by molar-refractivity contribution is 7.12. The van der Waals surface area contributed by atoms with Crippen molar-refractivity contribution in [2.75, 3.05) is 5.32 Å². The Kier molecular flexibility index (Phi) is 4.65. The lowest BCUT2D eigenvalue weighted by Crippen LogP contribution is -2.07. The number of benzene rings is 1. The number of hydrogen-bond acceptors (Lipinski definition) is 2. The van der Waals surface area contributed by atoms with E-state index in [0.717, 1.165) is 6.42 Å². The molecule has 0 radical (unpaired) electrons. The van der Waals surface area contributed by atoms with Crippen LogP contribution in [0.2, 0.25) is 0 Å². The molecule has 1 aromatic heterocycles. The van der Waals surface area contributed by atoms with E-state index in [0.29, 0.717) is 12.0 Å². The molecule has 0 spiro atoms. The van der Waals surface area contributed by atoms with Crippen molar-refractivity contribution in [2.24, 2.45) is 0 Å². The lowest BCUT2D eigenvalue weighted by molar-refractivity contribution is 0.848. The second kappa shape index (κ2) is 6.25. The number of nitrogens with one attached hydrogen (secondary N) is 1. The van der Waals surface area contributed by atoms with Crippen LogP contribution in [0.5, 0.6) is 0 Å². The van der Waals surface area contributed by atoms with E-state index >= 15 is 0 Å². The second-order valence-corrected chi connectivity index (χ2v) is 6.47. The van der Waals surface area contributed by atoms with Crippen molar-refractivity contribution in [3.8, 4) is 0 Å². The van der Waals surface area contributed by atoms with E-state index in [1.54, 1.807) is 0 Å². The van der Waals surface area contributed by atoms with E-state index in [9.17, 15) is 0 Å². The number of anilines is 1. The summed E-state index contributed by atoms with van der Waals surface area (Å²) in [6, 6.07) is 13.5. The summed E-state index contributed by atoms with van der Waals surface area (Å²) < 4.78 is 0. The zero-order valence-electron chi connectivity index (χ0n) is 12.2. The Morgan fingerprint density at radius 1 is 1.05 bits per heavy atom. The van der Waals surface area contributed by atoms with Gasteiger partial charge in [0.1, 0.15) is 0 Å². The van der Waals surface area contributed by atoms with E-state index in [1.807, 2.05) is 11.3 Å². The van der Waals surface area contributed by atoms with Crippen LogP contribution >= 0.6 is 11.3 Å². The van der Waals surface area contributed by atoms with E-state index in [4.69, 9.17) is 0 Å². The summed E-state index contributed by atoms with van der Waals surface area (Å²) in [5.74, 6) is 0.547. The van der Waals surface area contributed by atoms with Gasteiger partial charge in [-0.25, -0.2) is 0 Å². The summed E-state index contributed by atoms with van der Waals surface area (Å²) in [5.41, 5.74) is 2.65.